The first-order chi connectivity index (χ1) is 8.81. The molecule has 0 saturated carbocycles. The first-order valence-corrected chi connectivity index (χ1v) is 5.71. The lowest BCUT2D eigenvalue weighted by Gasteiger charge is -2.00. The van der Waals surface area contributed by atoms with E-state index in [9.17, 15) is 0 Å². The summed E-state index contributed by atoms with van der Waals surface area (Å²) >= 11 is 0. The third kappa shape index (κ3) is 1.47. The molecule has 3 nitrogen and oxygen atoms in total. The first-order valence-electron chi connectivity index (χ1n) is 5.71. The average Bonchev–Trinajstić information content (AvgIpc) is 2.77. The fourth-order valence-corrected chi connectivity index (χ4v) is 2.24. The number of rotatable bonds is 1. The zero-order chi connectivity index (χ0) is 12.5. The minimum absolute atomic E-state index is 0.605. The number of nitrogens with zero attached hydrogens (tertiary/aromatic N) is 3. The highest BCUT2D eigenvalue weighted by molar-refractivity contribution is 5.96. The standard InChI is InChI=1S/C15H11N3/c1-18-10-13(12-6-2-3-7-14(12)18)15-11(9-16)5-4-8-17-15/h2-8,10H,1H3. The van der Waals surface area contributed by atoms with Crippen molar-refractivity contribution in [2.24, 2.45) is 7.05 Å². The molecule has 0 bridgehead atoms. The van der Waals surface area contributed by atoms with Gasteiger partial charge in [-0.25, -0.2) is 0 Å². The third-order valence-corrected chi connectivity index (χ3v) is 3.08. The van der Waals surface area contributed by atoms with E-state index in [-0.39, 0.29) is 0 Å². The molecular weight excluding hydrogens is 222 g/mol. The summed E-state index contributed by atoms with van der Waals surface area (Å²) in [5.74, 6) is 0. The zero-order valence-electron chi connectivity index (χ0n) is 9.96. The molecule has 3 aromatic rings. The van der Waals surface area contributed by atoms with Gasteiger partial charge in [-0.2, -0.15) is 5.26 Å². The summed E-state index contributed by atoms with van der Waals surface area (Å²) in [5, 5.41) is 10.3. The number of para-hydroxylation sites is 1. The maximum absolute atomic E-state index is 9.16. The fraction of sp³-hybridized carbons (Fsp3) is 0.0667. The number of hydrogen-bond acceptors (Lipinski definition) is 2. The van der Waals surface area contributed by atoms with Gasteiger partial charge in [-0.3, -0.25) is 4.98 Å². The second-order valence-corrected chi connectivity index (χ2v) is 4.18. The normalized spacial score (nSPS) is 10.4. The van der Waals surface area contributed by atoms with E-state index in [1.807, 2.05) is 25.4 Å². The lowest BCUT2D eigenvalue weighted by atomic mass is 10.1. The Labute approximate surface area is 105 Å². The minimum atomic E-state index is 0.605. The van der Waals surface area contributed by atoms with E-state index in [0.29, 0.717) is 5.56 Å². The van der Waals surface area contributed by atoms with Crippen molar-refractivity contribution < 1.29 is 0 Å². The van der Waals surface area contributed by atoms with Crippen molar-refractivity contribution in [2.45, 2.75) is 0 Å². The molecular formula is C15H11N3. The predicted molar refractivity (Wildman–Crippen MR) is 70.9 cm³/mol. The Kier molecular flexibility index (Phi) is 2.35. The van der Waals surface area contributed by atoms with Crippen LogP contribution in [0.4, 0.5) is 0 Å². The second kappa shape index (κ2) is 4.01. The van der Waals surface area contributed by atoms with Crippen LogP contribution in [0.1, 0.15) is 5.56 Å². The fourth-order valence-electron chi connectivity index (χ4n) is 2.24. The molecule has 0 aliphatic heterocycles. The van der Waals surface area contributed by atoms with Gasteiger partial charge in [0.25, 0.3) is 0 Å². The van der Waals surface area contributed by atoms with Gasteiger partial charge in [0.05, 0.1) is 11.3 Å². The third-order valence-electron chi connectivity index (χ3n) is 3.08. The van der Waals surface area contributed by atoms with Crippen LogP contribution in [0.25, 0.3) is 22.2 Å². The van der Waals surface area contributed by atoms with Crippen molar-refractivity contribution in [3.05, 3.63) is 54.4 Å². The van der Waals surface area contributed by atoms with E-state index < -0.39 is 0 Å². The molecule has 0 amide bonds. The van der Waals surface area contributed by atoms with Crippen molar-refractivity contribution in [2.75, 3.05) is 0 Å². The van der Waals surface area contributed by atoms with Crippen LogP contribution in [-0.2, 0) is 7.05 Å². The highest BCUT2D eigenvalue weighted by Crippen LogP contribution is 2.30. The molecule has 0 spiro atoms. The van der Waals surface area contributed by atoms with Crippen LogP contribution < -0.4 is 0 Å². The number of fused-ring (bicyclic) bond motifs is 1. The predicted octanol–water partition coefficient (Wildman–Crippen LogP) is 3.11. The Morgan fingerprint density at radius 1 is 1.17 bits per heavy atom. The van der Waals surface area contributed by atoms with E-state index in [2.05, 4.69) is 27.8 Å². The molecule has 2 aromatic heterocycles. The molecule has 3 rings (SSSR count). The maximum Gasteiger partial charge on any atom is 0.101 e. The average molecular weight is 233 g/mol. The van der Waals surface area contributed by atoms with Crippen molar-refractivity contribution in [1.29, 1.82) is 5.26 Å². The van der Waals surface area contributed by atoms with Crippen LogP contribution in [0.3, 0.4) is 0 Å². The molecule has 0 aliphatic carbocycles. The number of hydrogen-bond donors (Lipinski definition) is 0. The highest BCUT2D eigenvalue weighted by atomic mass is 14.9. The van der Waals surface area contributed by atoms with Crippen LogP contribution in [-0.4, -0.2) is 9.55 Å². The molecule has 0 fully saturated rings. The van der Waals surface area contributed by atoms with Crippen molar-refractivity contribution in [1.82, 2.24) is 9.55 Å². The quantitative estimate of drug-likeness (QED) is 0.648. The smallest absolute Gasteiger partial charge is 0.101 e. The maximum atomic E-state index is 9.16. The summed E-state index contributed by atoms with van der Waals surface area (Å²) < 4.78 is 2.06. The van der Waals surface area contributed by atoms with Crippen molar-refractivity contribution >= 4 is 10.9 Å². The molecule has 0 saturated heterocycles. The van der Waals surface area contributed by atoms with Gasteiger partial charge in [0.2, 0.25) is 0 Å². The zero-order valence-corrected chi connectivity index (χ0v) is 9.96. The van der Waals surface area contributed by atoms with Gasteiger partial charge in [0.1, 0.15) is 6.07 Å². The first kappa shape index (κ1) is 10.5. The van der Waals surface area contributed by atoms with E-state index in [0.717, 1.165) is 22.2 Å². The Balaban J connectivity index is 2.36. The van der Waals surface area contributed by atoms with Crippen LogP contribution in [0.15, 0.2) is 48.8 Å². The molecule has 0 unspecified atom stereocenters. The summed E-state index contributed by atoms with van der Waals surface area (Å²) in [7, 11) is 2.00. The van der Waals surface area contributed by atoms with Gasteiger partial charge >= 0.3 is 0 Å². The molecule has 86 valence electrons. The monoisotopic (exact) mass is 233 g/mol. The lowest BCUT2D eigenvalue weighted by molar-refractivity contribution is 0.969. The topological polar surface area (TPSA) is 41.6 Å². The van der Waals surface area contributed by atoms with Gasteiger partial charge in [0.15, 0.2) is 0 Å². The highest BCUT2D eigenvalue weighted by Gasteiger charge is 2.12. The Hall–Kier alpha value is -2.60. The SMILES string of the molecule is Cn1cc(-c2ncccc2C#N)c2ccccc21. The van der Waals surface area contributed by atoms with Gasteiger partial charge in [-0.05, 0) is 18.2 Å². The molecule has 2 heterocycles. The van der Waals surface area contributed by atoms with E-state index >= 15 is 0 Å². The molecule has 3 heteroatoms. The van der Waals surface area contributed by atoms with Crippen LogP contribution in [0, 0.1) is 11.3 Å². The Morgan fingerprint density at radius 3 is 2.83 bits per heavy atom. The summed E-state index contributed by atoms with van der Waals surface area (Å²) in [6.07, 6.45) is 3.74. The number of pyridine rings is 1. The summed E-state index contributed by atoms with van der Waals surface area (Å²) in [4.78, 5) is 4.35. The van der Waals surface area contributed by atoms with Crippen LogP contribution in [0.2, 0.25) is 0 Å². The minimum Gasteiger partial charge on any atom is -0.350 e. The van der Waals surface area contributed by atoms with Gasteiger partial charge in [0, 0.05) is 35.9 Å². The Bertz CT molecular complexity index is 763. The number of aryl methyl sites for hydroxylation is 1. The van der Waals surface area contributed by atoms with Crippen LogP contribution >= 0.6 is 0 Å². The van der Waals surface area contributed by atoms with E-state index in [1.54, 1.807) is 18.3 Å². The van der Waals surface area contributed by atoms with E-state index in [1.165, 1.54) is 0 Å². The lowest BCUT2D eigenvalue weighted by Crippen LogP contribution is -1.87. The molecule has 1 aromatic carbocycles. The van der Waals surface area contributed by atoms with E-state index in [4.69, 9.17) is 5.26 Å². The van der Waals surface area contributed by atoms with Gasteiger partial charge in [-0.15, -0.1) is 0 Å². The number of nitriles is 1. The molecule has 18 heavy (non-hydrogen) atoms. The Morgan fingerprint density at radius 2 is 2.00 bits per heavy atom. The van der Waals surface area contributed by atoms with Crippen LogP contribution in [0.5, 0.6) is 0 Å². The molecule has 0 atom stereocenters. The van der Waals surface area contributed by atoms with Crippen molar-refractivity contribution in [3.63, 3.8) is 0 Å². The summed E-state index contributed by atoms with van der Waals surface area (Å²) in [6.45, 7) is 0. The molecule has 0 radical (unpaired) electrons. The second-order valence-electron chi connectivity index (χ2n) is 4.18. The molecule has 0 N–H and O–H groups in total. The van der Waals surface area contributed by atoms with Gasteiger partial charge in [-0.1, -0.05) is 18.2 Å². The van der Waals surface area contributed by atoms with Crippen molar-refractivity contribution in [3.8, 4) is 17.3 Å². The molecule has 0 aliphatic rings. The number of benzene rings is 1. The van der Waals surface area contributed by atoms with Gasteiger partial charge < -0.3 is 4.57 Å². The summed E-state index contributed by atoms with van der Waals surface area (Å²) in [5.41, 5.74) is 3.50. The largest absolute Gasteiger partial charge is 0.350 e. The number of aromatic nitrogens is 2. The summed E-state index contributed by atoms with van der Waals surface area (Å²) in [6, 6.07) is 13.9.